The van der Waals surface area contributed by atoms with Crippen molar-refractivity contribution < 1.29 is 5.11 Å². The van der Waals surface area contributed by atoms with Gasteiger partial charge in [0.1, 0.15) is 0 Å². The van der Waals surface area contributed by atoms with Crippen LogP contribution in [0, 0.1) is 0 Å². The predicted molar refractivity (Wildman–Crippen MR) is 119 cm³/mol. The van der Waals surface area contributed by atoms with Crippen LogP contribution >= 0.6 is 47.2 Å². The van der Waals surface area contributed by atoms with Crippen LogP contribution in [0.3, 0.4) is 0 Å². The van der Waals surface area contributed by atoms with Crippen molar-refractivity contribution >= 4 is 53.1 Å². The smallest absolute Gasteiger partial charge is 0.191 e. The first-order valence-corrected chi connectivity index (χ1v) is 8.84. The molecule has 0 bridgehead atoms. The Bertz CT molecular complexity index is 716. The monoisotopic (exact) mass is 508 g/mol. The summed E-state index contributed by atoms with van der Waals surface area (Å²) in [7, 11) is 0. The highest BCUT2D eigenvalue weighted by molar-refractivity contribution is 14.0. The number of hydrogen-bond donors (Lipinski definition) is 3. The van der Waals surface area contributed by atoms with Gasteiger partial charge in [-0.15, -0.1) is 24.0 Å². The van der Waals surface area contributed by atoms with Crippen LogP contribution in [0.1, 0.15) is 37.1 Å². The summed E-state index contributed by atoms with van der Waals surface area (Å²) in [6.07, 6.45) is 2.62. The molecule has 8 heteroatoms. The molecule has 0 spiro atoms. The molecule has 2 atom stereocenters. The van der Waals surface area contributed by atoms with Gasteiger partial charge in [0.05, 0.1) is 28.7 Å². The molecule has 0 saturated heterocycles. The molecule has 1 aromatic carbocycles. The molecule has 0 aliphatic rings. The van der Waals surface area contributed by atoms with Gasteiger partial charge in [0.25, 0.3) is 0 Å². The molecule has 142 valence electrons. The maximum atomic E-state index is 10.2. The minimum Gasteiger partial charge on any atom is -0.386 e. The lowest BCUT2D eigenvalue weighted by molar-refractivity contribution is 0.187. The number of aliphatic hydroxyl groups excluding tert-OH is 1. The van der Waals surface area contributed by atoms with Crippen LogP contribution in [0.4, 0.5) is 0 Å². The Labute approximate surface area is 181 Å². The molecule has 2 aromatic rings. The van der Waals surface area contributed by atoms with Crippen molar-refractivity contribution in [2.75, 3.05) is 13.1 Å². The molecular weight excluding hydrogens is 486 g/mol. The topological polar surface area (TPSA) is 69.5 Å². The Morgan fingerprint density at radius 3 is 2.46 bits per heavy atom. The van der Waals surface area contributed by atoms with E-state index >= 15 is 0 Å². The number of guanidine groups is 1. The lowest BCUT2D eigenvalue weighted by atomic mass is 10.1. The number of nitrogens with one attached hydrogen (secondary N) is 2. The van der Waals surface area contributed by atoms with E-state index in [2.05, 4.69) is 20.6 Å². The fraction of sp³-hybridized carbons (Fsp3) is 0.333. The summed E-state index contributed by atoms with van der Waals surface area (Å²) in [6.45, 7) is 4.95. The molecule has 0 amide bonds. The molecule has 0 aliphatic carbocycles. The normalized spacial score (nSPS) is 13.5. The summed E-state index contributed by atoms with van der Waals surface area (Å²) >= 11 is 12.0. The van der Waals surface area contributed by atoms with Crippen LogP contribution in [-0.4, -0.2) is 29.1 Å². The summed E-state index contributed by atoms with van der Waals surface area (Å²) in [5, 5.41) is 17.8. The maximum absolute atomic E-state index is 10.2. The standard InChI is InChI=1S/C18H22Cl2N4O.HI/c1-3-22-18(23-11-17(25)13-6-8-21-9-7-13)24-12(2)14-4-5-15(19)16(20)10-14;/h4-10,12,17,25H,3,11H2,1-2H3,(H2,22,23,24);1H. The third kappa shape index (κ3) is 6.90. The molecule has 1 aromatic heterocycles. The quantitative estimate of drug-likeness (QED) is 0.308. The number of hydrogen-bond acceptors (Lipinski definition) is 3. The van der Waals surface area contributed by atoms with Gasteiger partial charge in [-0.1, -0.05) is 29.3 Å². The molecule has 0 radical (unpaired) electrons. The highest BCUT2D eigenvalue weighted by atomic mass is 127. The molecule has 3 N–H and O–H groups in total. The van der Waals surface area contributed by atoms with Crippen LogP contribution in [0.2, 0.25) is 10.0 Å². The Morgan fingerprint density at radius 1 is 1.15 bits per heavy atom. The van der Waals surface area contributed by atoms with Crippen LogP contribution in [-0.2, 0) is 0 Å². The number of aliphatic imine (C=N–C) groups is 1. The van der Waals surface area contributed by atoms with E-state index in [1.807, 2.05) is 26.0 Å². The SMILES string of the molecule is CCNC(=NCC(O)c1ccncc1)NC(C)c1ccc(Cl)c(Cl)c1.I. The molecule has 1 heterocycles. The van der Waals surface area contributed by atoms with Gasteiger partial charge >= 0.3 is 0 Å². The van der Waals surface area contributed by atoms with Gasteiger partial charge in [0.2, 0.25) is 0 Å². The Morgan fingerprint density at radius 2 is 1.85 bits per heavy atom. The van der Waals surface area contributed by atoms with Crippen molar-refractivity contribution in [1.82, 2.24) is 15.6 Å². The van der Waals surface area contributed by atoms with Crippen LogP contribution in [0.5, 0.6) is 0 Å². The van der Waals surface area contributed by atoms with Gasteiger partial charge in [-0.05, 0) is 49.2 Å². The zero-order valence-corrected chi connectivity index (χ0v) is 18.5. The summed E-state index contributed by atoms with van der Waals surface area (Å²) in [6, 6.07) is 9.05. The van der Waals surface area contributed by atoms with Crippen molar-refractivity contribution in [3.63, 3.8) is 0 Å². The second-order valence-corrected chi connectivity index (χ2v) is 6.37. The van der Waals surface area contributed by atoms with Gasteiger partial charge in [-0.2, -0.15) is 0 Å². The Hall–Kier alpha value is -1.09. The first kappa shape index (κ1) is 23.0. The molecule has 0 saturated carbocycles. The summed E-state index contributed by atoms with van der Waals surface area (Å²) in [5.41, 5.74) is 1.78. The van der Waals surface area contributed by atoms with Gasteiger partial charge < -0.3 is 15.7 Å². The Balaban J connectivity index is 0.00000338. The van der Waals surface area contributed by atoms with Crippen LogP contribution in [0.15, 0.2) is 47.7 Å². The summed E-state index contributed by atoms with van der Waals surface area (Å²) < 4.78 is 0. The fourth-order valence-corrected chi connectivity index (χ4v) is 2.57. The average Bonchev–Trinajstić information content (AvgIpc) is 2.62. The van der Waals surface area contributed by atoms with E-state index in [4.69, 9.17) is 23.2 Å². The highest BCUT2D eigenvalue weighted by Crippen LogP contribution is 2.25. The number of nitrogens with zero attached hydrogens (tertiary/aromatic N) is 2. The number of rotatable bonds is 6. The zero-order chi connectivity index (χ0) is 18.2. The highest BCUT2D eigenvalue weighted by Gasteiger charge is 2.11. The molecule has 5 nitrogen and oxygen atoms in total. The van der Waals surface area contributed by atoms with Crippen molar-refractivity contribution in [3.05, 3.63) is 63.9 Å². The van der Waals surface area contributed by atoms with E-state index in [0.29, 0.717) is 22.5 Å². The molecule has 26 heavy (non-hydrogen) atoms. The van der Waals surface area contributed by atoms with Crippen molar-refractivity contribution in [2.24, 2.45) is 4.99 Å². The molecule has 2 rings (SSSR count). The van der Waals surface area contributed by atoms with E-state index < -0.39 is 6.10 Å². The molecule has 0 fully saturated rings. The van der Waals surface area contributed by atoms with E-state index in [-0.39, 0.29) is 36.6 Å². The van der Waals surface area contributed by atoms with Crippen molar-refractivity contribution in [2.45, 2.75) is 26.0 Å². The minimum absolute atomic E-state index is 0. The van der Waals surface area contributed by atoms with Gasteiger partial charge in [-0.25, -0.2) is 0 Å². The maximum Gasteiger partial charge on any atom is 0.191 e. The number of halogens is 3. The number of aromatic nitrogens is 1. The van der Waals surface area contributed by atoms with E-state index in [9.17, 15) is 5.11 Å². The fourth-order valence-electron chi connectivity index (χ4n) is 2.26. The average molecular weight is 509 g/mol. The Kier molecular flexibility index (Phi) is 10.2. The first-order chi connectivity index (χ1) is 12.0. The second-order valence-electron chi connectivity index (χ2n) is 5.56. The van der Waals surface area contributed by atoms with Gasteiger partial charge in [0, 0.05) is 18.9 Å². The largest absolute Gasteiger partial charge is 0.386 e. The van der Waals surface area contributed by atoms with Crippen molar-refractivity contribution in [1.29, 1.82) is 0 Å². The number of pyridine rings is 1. The van der Waals surface area contributed by atoms with Gasteiger partial charge in [-0.3, -0.25) is 9.98 Å². The zero-order valence-electron chi connectivity index (χ0n) is 14.6. The van der Waals surface area contributed by atoms with E-state index in [0.717, 1.165) is 11.1 Å². The first-order valence-electron chi connectivity index (χ1n) is 8.09. The van der Waals surface area contributed by atoms with Crippen molar-refractivity contribution in [3.8, 4) is 0 Å². The van der Waals surface area contributed by atoms with E-state index in [1.54, 1.807) is 30.6 Å². The third-order valence-corrected chi connectivity index (χ3v) is 4.39. The van der Waals surface area contributed by atoms with Crippen LogP contribution < -0.4 is 10.6 Å². The van der Waals surface area contributed by atoms with E-state index in [1.165, 1.54) is 0 Å². The molecule has 2 unspecified atom stereocenters. The number of benzene rings is 1. The van der Waals surface area contributed by atoms with Crippen LogP contribution in [0.25, 0.3) is 0 Å². The lowest BCUT2D eigenvalue weighted by Crippen LogP contribution is -2.39. The third-order valence-electron chi connectivity index (χ3n) is 3.65. The molecular formula is C18H23Cl2IN4O. The second kappa shape index (κ2) is 11.6. The minimum atomic E-state index is -0.682. The number of aliphatic hydroxyl groups is 1. The predicted octanol–water partition coefficient (Wildman–Crippen LogP) is 4.36. The lowest BCUT2D eigenvalue weighted by Gasteiger charge is -2.19. The summed E-state index contributed by atoms with van der Waals surface area (Å²) in [5.74, 6) is 0.620. The van der Waals surface area contributed by atoms with Gasteiger partial charge in [0.15, 0.2) is 5.96 Å². The summed E-state index contributed by atoms with van der Waals surface area (Å²) in [4.78, 5) is 8.41. The molecule has 0 aliphatic heterocycles.